The van der Waals surface area contributed by atoms with Crippen LogP contribution in [0.1, 0.15) is 38.3 Å². The zero-order chi connectivity index (χ0) is 16.4. The Bertz CT molecular complexity index is 583. The van der Waals surface area contributed by atoms with E-state index in [1.54, 1.807) is 4.90 Å². The second-order valence-corrected chi connectivity index (χ2v) is 6.44. The lowest BCUT2D eigenvalue weighted by Crippen LogP contribution is -2.49. The van der Waals surface area contributed by atoms with Crippen molar-refractivity contribution in [3.05, 3.63) is 17.8 Å². The molecule has 2 aliphatic rings. The zero-order valence-electron chi connectivity index (χ0n) is 13.3. The quantitative estimate of drug-likeness (QED) is 0.900. The fraction of sp³-hybridized carbons (Fsp3) is 0.688. The number of carbonyl (C=O) groups is 1. The summed E-state index contributed by atoms with van der Waals surface area (Å²) < 4.78 is 29.1. The normalized spacial score (nSPS) is 20.4. The molecule has 0 radical (unpaired) electrons. The number of hydrogen-bond donors (Lipinski definition) is 1. The molecule has 1 aliphatic heterocycles. The molecule has 7 heteroatoms. The number of anilines is 1. The lowest BCUT2D eigenvalue weighted by Gasteiger charge is -2.37. The number of hydrogen-bond acceptors (Lipinski definition) is 4. The molecule has 0 atom stereocenters. The number of alkyl halides is 1. The Hall–Kier alpha value is -1.79. The van der Waals surface area contributed by atoms with E-state index in [1.165, 1.54) is 6.33 Å². The predicted octanol–water partition coefficient (Wildman–Crippen LogP) is 2.01. The van der Waals surface area contributed by atoms with Crippen molar-refractivity contribution in [1.29, 1.82) is 0 Å². The van der Waals surface area contributed by atoms with Gasteiger partial charge in [-0.1, -0.05) is 6.92 Å². The van der Waals surface area contributed by atoms with Crippen molar-refractivity contribution in [2.24, 2.45) is 5.92 Å². The molecule has 0 spiro atoms. The monoisotopic (exact) mass is 324 g/mol. The smallest absolute Gasteiger partial charge is 0.223 e. The Labute approximate surface area is 134 Å². The summed E-state index contributed by atoms with van der Waals surface area (Å²) in [5.74, 6) is -0.121. The highest BCUT2D eigenvalue weighted by Crippen LogP contribution is 2.31. The fourth-order valence-corrected chi connectivity index (χ4v) is 2.89. The summed E-state index contributed by atoms with van der Waals surface area (Å²) in [7, 11) is 0. The number of amides is 1. The Morgan fingerprint density at radius 3 is 2.70 bits per heavy atom. The lowest BCUT2D eigenvalue weighted by atomic mass is 9.93. The highest BCUT2D eigenvalue weighted by Gasteiger charge is 2.37. The lowest BCUT2D eigenvalue weighted by molar-refractivity contribution is -0.123. The van der Waals surface area contributed by atoms with E-state index in [9.17, 15) is 13.6 Å². The third-order valence-electron chi connectivity index (χ3n) is 4.66. The molecule has 1 N–H and O–H groups in total. The molecule has 1 saturated carbocycles. The van der Waals surface area contributed by atoms with E-state index in [4.69, 9.17) is 0 Å². The van der Waals surface area contributed by atoms with Crippen LogP contribution in [0.2, 0.25) is 0 Å². The minimum Gasteiger partial charge on any atom is -0.354 e. The van der Waals surface area contributed by atoms with Crippen LogP contribution >= 0.6 is 0 Å². The molecule has 0 unspecified atom stereocenters. The van der Waals surface area contributed by atoms with Crippen molar-refractivity contribution in [3.63, 3.8) is 0 Å². The van der Waals surface area contributed by atoms with Gasteiger partial charge in [-0.2, -0.15) is 0 Å². The largest absolute Gasteiger partial charge is 0.354 e. The van der Waals surface area contributed by atoms with Crippen LogP contribution in [0.3, 0.4) is 0 Å². The first kappa shape index (κ1) is 16.1. The number of nitrogens with zero attached hydrogens (tertiary/aromatic N) is 3. The molecule has 2 fully saturated rings. The topological polar surface area (TPSA) is 58.1 Å². The van der Waals surface area contributed by atoms with E-state index in [0.29, 0.717) is 25.2 Å². The van der Waals surface area contributed by atoms with Gasteiger partial charge in [0.1, 0.15) is 12.0 Å². The van der Waals surface area contributed by atoms with Crippen LogP contribution < -0.4 is 10.2 Å². The van der Waals surface area contributed by atoms with Gasteiger partial charge in [0.15, 0.2) is 11.6 Å². The van der Waals surface area contributed by atoms with E-state index in [0.717, 1.165) is 12.8 Å². The molecule has 2 heterocycles. The maximum Gasteiger partial charge on any atom is 0.223 e. The van der Waals surface area contributed by atoms with E-state index >= 15 is 0 Å². The van der Waals surface area contributed by atoms with Crippen LogP contribution in [0, 0.1) is 11.7 Å². The van der Waals surface area contributed by atoms with Crippen molar-refractivity contribution in [1.82, 2.24) is 15.3 Å². The molecule has 1 aromatic rings. The van der Waals surface area contributed by atoms with Crippen molar-refractivity contribution in [2.45, 2.75) is 44.7 Å². The van der Waals surface area contributed by atoms with E-state index < -0.39 is 11.5 Å². The van der Waals surface area contributed by atoms with Gasteiger partial charge in [-0.15, -0.1) is 0 Å². The van der Waals surface area contributed by atoms with Crippen molar-refractivity contribution < 1.29 is 13.6 Å². The van der Waals surface area contributed by atoms with Gasteiger partial charge in [0, 0.05) is 31.8 Å². The predicted molar refractivity (Wildman–Crippen MR) is 82.4 cm³/mol. The Kier molecular flexibility index (Phi) is 4.46. The molecule has 1 aliphatic carbocycles. The first-order valence-electron chi connectivity index (χ1n) is 8.23. The molecule has 0 aromatic carbocycles. The highest BCUT2D eigenvalue weighted by atomic mass is 19.1. The molecule has 1 aromatic heterocycles. The second kappa shape index (κ2) is 6.37. The average molecular weight is 324 g/mol. The maximum absolute atomic E-state index is 14.8. The summed E-state index contributed by atoms with van der Waals surface area (Å²) >= 11 is 0. The van der Waals surface area contributed by atoms with Gasteiger partial charge in [-0.25, -0.2) is 18.7 Å². The average Bonchev–Trinajstić information content (AvgIpc) is 3.39. The van der Waals surface area contributed by atoms with Crippen LogP contribution in [-0.4, -0.2) is 41.2 Å². The third-order valence-corrected chi connectivity index (χ3v) is 4.66. The first-order valence-corrected chi connectivity index (χ1v) is 8.23. The Balaban J connectivity index is 1.58. The number of halogens is 2. The minimum atomic E-state index is -1.42. The molecule has 1 saturated heterocycles. The van der Waals surface area contributed by atoms with Gasteiger partial charge in [0.25, 0.3) is 0 Å². The molecule has 1 amide bonds. The van der Waals surface area contributed by atoms with Crippen LogP contribution in [0.25, 0.3) is 0 Å². The van der Waals surface area contributed by atoms with E-state index in [-0.39, 0.29) is 37.0 Å². The summed E-state index contributed by atoms with van der Waals surface area (Å²) in [5, 5.41) is 2.71. The maximum atomic E-state index is 14.8. The number of nitrogens with one attached hydrogen (secondary N) is 1. The minimum absolute atomic E-state index is 0.0427. The molecular weight excluding hydrogens is 302 g/mol. The van der Waals surface area contributed by atoms with Gasteiger partial charge >= 0.3 is 0 Å². The molecule has 3 rings (SSSR count). The van der Waals surface area contributed by atoms with Crippen molar-refractivity contribution in [3.8, 4) is 0 Å². The van der Waals surface area contributed by atoms with Crippen molar-refractivity contribution in [2.75, 3.05) is 24.5 Å². The fourth-order valence-electron chi connectivity index (χ4n) is 2.89. The van der Waals surface area contributed by atoms with Crippen LogP contribution in [-0.2, 0) is 11.2 Å². The standard InChI is InChI=1S/C16H22F2N4O/c1-2-12-13(17)14(21-10-20-12)22-7-5-16(18,6-8-22)9-19-15(23)11-3-4-11/h10-11H,2-9H2,1H3,(H,19,23). The van der Waals surface area contributed by atoms with Gasteiger partial charge in [-0.3, -0.25) is 4.79 Å². The second-order valence-electron chi connectivity index (χ2n) is 6.44. The summed E-state index contributed by atoms with van der Waals surface area (Å²) in [4.78, 5) is 21.3. The molecule has 5 nitrogen and oxygen atoms in total. The molecule has 23 heavy (non-hydrogen) atoms. The van der Waals surface area contributed by atoms with Crippen molar-refractivity contribution >= 4 is 11.7 Å². The number of carbonyl (C=O) groups excluding carboxylic acids is 1. The zero-order valence-corrected chi connectivity index (χ0v) is 13.3. The summed E-state index contributed by atoms with van der Waals surface area (Å²) in [6.07, 6.45) is 4.17. The SMILES string of the molecule is CCc1ncnc(N2CCC(F)(CNC(=O)C3CC3)CC2)c1F. The molecule has 126 valence electrons. The number of aryl methyl sites for hydroxylation is 1. The van der Waals surface area contributed by atoms with Crippen LogP contribution in [0.4, 0.5) is 14.6 Å². The Morgan fingerprint density at radius 1 is 1.39 bits per heavy atom. The molecule has 0 bridgehead atoms. The summed E-state index contributed by atoms with van der Waals surface area (Å²) in [5.41, 5.74) is -1.04. The van der Waals surface area contributed by atoms with Crippen LogP contribution in [0.15, 0.2) is 6.33 Å². The van der Waals surface area contributed by atoms with Gasteiger partial charge in [0.05, 0.1) is 12.2 Å². The first-order chi connectivity index (χ1) is 11.0. The Morgan fingerprint density at radius 2 is 2.09 bits per heavy atom. The summed E-state index contributed by atoms with van der Waals surface area (Å²) in [6, 6.07) is 0. The van der Waals surface area contributed by atoms with E-state index in [1.807, 2.05) is 6.92 Å². The van der Waals surface area contributed by atoms with E-state index in [2.05, 4.69) is 15.3 Å². The van der Waals surface area contributed by atoms with Gasteiger partial charge < -0.3 is 10.2 Å². The summed E-state index contributed by atoms with van der Waals surface area (Å²) in [6.45, 7) is 2.64. The number of aromatic nitrogens is 2. The van der Waals surface area contributed by atoms with Gasteiger partial charge in [-0.05, 0) is 19.3 Å². The van der Waals surface area contributed by atoms with Crippen LogP contribution in [0.5, 0.6) is 0 Å². The third kappa shape index (κ3) is 3.59. The number of rotatable bonds is 5. The highest BCUT2D eigenvalue weighted by molar-refractivity contribution is 5.80. The number of piperidine rings is 1. The molecular formula is C16H22F2N4O. The van der Waals surface area contributed by atoms with Gasteiger partial charge in [0.2, 0.25) is 5.91 Å².